The Balaban J connectivity index is 1.95. The largest absolute Gasteiger partial charge is 0.480 e. The lowest BCUT2D eigenvalue weighted by Crippen LogP contribution is -2.58. The molecule has 1 fully saturated rings. The molecule has 0 amide bonds. The van der Waals surface area contributed by atoms with E-state index in [1.165, 1.54) is 48.2 Å². The summed E-state index contributed by atoms with van der Waals surface area (Å²) in [6.45, 7) is 3.44. The van der Waals surface area contributed by atoms with Gasteiger partial charge in [0.2, 0.25) is 10.0 Å². The van der Waals surface area contributed by atoms with Crippen molar-refractivity contribution in [2.75, 3.05) is 12.3 Å². The summed E-state index contributed by atoms with van der Waals surface area (Å²) in [6.07, 6.45) is -4.48. The number of carboxylic acids is 1. The number of benzene rings is 2. The molecule has 0 radical (unpaired) electrons. The van der Waals surface area contributed by atoms with E-state index in [9.17, 15) is 31.5 Å². The maximum Gasteiger partial charge on any atom is 0.416 e. The van der Waals surface area contributed by atoms with E-state index in [0.717, 1.165) is 16.4 Å². The zero-order valence-electron chi connectivity index (χ0n) is 16.2. The van der Waals surface area contributed by atoms with Gasteiger partial charge in [0.25, 0.3) is 0 Å². The summed E-state index contributed by atoms with van der Waals surface area (Å²) in [4.78, 5) is 11.7. The zero-order chi connectivity index (χ0) is 22.3. The van der Waals surface area contributed by atoms with Gasteiger partial charge in [0, 0.05) is 17.0 Å². The van der Waals surface area contributed by atoms with Crippen molar-refractivity contribution < 1.29 is 31.5 Å². The molecule has 1 aliphatic rings. The van der Waals surface area contributed by atoms with Crippen LogP contribution in [0.5, 0.6) is 0 Å². The third-order valence-corrected chi connectivity index (χ3v) is 8.18. The molecule has 5 nitrogen and oxygen atoms in total. The molecule has 162 valence electrons. The van der Waals surface area contributed by atoms with Gasteiger partial charge in [-0.2, -0.15) is 29.2 Å². The van der Waals surface area contributed by atoms with Gasteiger partial charge in [0.1, 0.15) is 6.04 Å². The van der Waals surface area contributed by atoms with Crippen LogP contribution in [-0.2, 0) is 21.0 Å². The highest BCUT2D eigenvalue weighted by Gasteiger charge is 2.48. The molecule has 0 unspecified atom stereocenters. The van der Waals surface area contributed by atoms with Crippen LogP contribution in [0.15, 0.2) is 53.4 Å². The Labute approximate surface area is 176 Å². The summed E-state index contributed by atoms with van der Waals surface area (Å²) in [7, 11) is -4.10. The first-order valence-electron chi connectivity index (χ1n) is 9.00. The van der Waals surface area contributed by atoms with E-state index in [-0.39, 0.29) is 11.4 Å². The molecule has 1 heterocycles. The second-order valence-corrected chi connectivity index (χ2v) is 11.1. The van der Waals surface area contributed by atoms with Crippen molar-refractivity contribution in [1.82, 2.24) is 4.31 Å². The molecule has 3 rings (SSSR count). The van der Waals surface area contributed by atoms with E-state index in [2.05, 4.69) is 0 Å². The lowest BCUT2D eigenvalue weighted by atomic mass is 10.0. The summed E-state index contributed by atoms with van der Waals surface area (Å²) in [5.74, 6) is -0.769. The van der Waals surface area contributed by atoms with Crippen LogP contribution < -0.4 is 0 Å². The van der Waals surface area contributed by atoms with Gasteiger partial charge in [-0.05, 0) is 49.2 Å². The first kappa shape index (κ1) is 22.6. The van der Waals surface area contributed by atoms with Gasteiger partial charge in [0.15, 0.2) is 0 Å². The molecule has 1 N–H and O–H groups in total. The second-order valence-electron chi connectivity index (χ2n) is 7.41. The maximum atomic E-state index is 13.1. The molecule has 30 heavy (non-hydrogen) atoms. The summed E-state index contributed by atoms with van der Waals surface area (Å²) in [6, 6.07) is 8.93. The fourth-order valence-corrected chi connectivity index (χ4v) is 6.56. The Morgan fingerprint density at radius 1 is 1.13 bits per heavy atom. The lowest BCUT2D eigenvalue weighted by Gasteiger charge is -2.42. The van der Waals surface area contributed by atoms with Gasteiger partial charge in [0.05, 0.1) is 10.5 Å². The van der Waals surface area contributed by atoms with E-state index >= 15 is 0 Å². The number of sulfonamides is 1. The molecule has 1 saturated heterocycles. The predicted molar refractivity (Wildman–Crippen MR) is 109 cm³/mol. The number of hydrogen-bond donors (Lipinski definition) is 1. The van der Waals surface area contributed by atoms with Crippen LogP contribution in [0.2, 0.25) is 0 Å². The van der Waals surface area contributed by atoms with E-state index in [1.54, 1.807) is 13.8 Å². The minimum atomic E-state index is -4.48. The molecule has 1 atom stereocenters. The van der Waals surface area contributed by atoms with Gasteiger partial charge < -0.3 is 5.11 Å². The van der Waals surface area contributed by atoms with Crippen LogP contribution in [0.25, 0.3) is 11.1 Å². The summed E-state index contributed by atoms with van der Waals surface area (Å²) in [5.41, 5.74) is -0.0777. The molecule has 0 saturated carbocycles. The van der Waals surface area contributed by atoms with Crippen molar-refractivity contribution in [2.45, 2.75) is 35.7 Å². The van der Waals surface area contributed by atoms with E-state index in [4.69, 9.17) is 0 Å². The molecule has 0 spiro atoms. The standard InChI is InChI=1S/C20H20F3NO4S2/c1-19(2)17(18(25)26)24(10-11-29-19)30(27,28)16-8-6-13(7-9-16)14-4-3-5-15(12-14)20(21,22)23/h3-9,12,17H,10-11H2,1-2H3,(H,25,26)/t17-/m0/s1. The summed E-state index contributed by atoms with van der Waals surface area (Å²) >= 11 is 1.40. The fraction of sp³-hybridized carbons (Fsp3) is 0.350. The van der Waals surface area contributed by atoms with Crippen LogP contribution >= 0.6 is 11.8 Å². The third kappa shape index (κ3) is 4.35. The molecular formula is C20H20F3NO4S2. The molecule has 0 bridgehead atoms. The van der Waals surface area contributed by atoms with Crippen LogP contribution in [0.1, 0.15) is 19.4 Å². The Morgan fingerprint density at radius 3 is 2.33 bits per heavy atom. The van der Waals surface area contributed by atoms with Crippen molar-refractivity contribution in [3.05, 3.63) is 54.1 Å². The smallest absolute Gasteiger partial charge is 0.416 e. The number of aliphatic carboxylic acids is 1. The number of hydrogen-bond acceptors (Lipinski definition) is 4. The molecule has 10 heteroatoms. The predicted octanol–water partition coefficient (Wildman–Crippen LogP) is 4.34. The number of carboxylic acid groups (broad SMARTS) is 1. The van der Waals surface area contributed by atoms with Crippen molar-refractivity contribution in [3.8, 4) is 11.1 Å². The van der Waals surface area contributed by atoms with Gasteiger partial charge in [-0.1, -0.05) is 24.3 Å². The SMILES string of the molecule is CC1(C)SCCN(S(=O)(=O)c2ccc(-c3cccc(C(F)(F)F)c3)cc2)[C@H]1C(=O)O. The zero-order valence-corrected chi connectivity index (χ0v) is 17.8. The molecular weight excluding hydrogens is 439 g/mol. The minimum absolute atomic E-state index is 0.0583. The number of carbonyl (C=O) groups is 1. The normalized spacial score (nSPS) is 20.1. The maximum absolute atomic E-state index is 13.1. The van der Waals surface area contributed by atoms with Gasteiger partial charge in [-0.3, -0.25) is 4.79 Å². The second kappa shape index (κ2) is 7.90. The summed E-state index contributed by atoms with van der Waals surface area (Å²) in [5, 5.41) is 9.63. The van der Waals surface area contributed by atoms with Gasteiger partial charge in [-0.25, -0.2) is 8.42 Å². The number of thioether (sulfide) groups is 1. The van der Waals surface area contributed by atoms with Crippen LogP contribution in [0, 0.1) is 0 Å². The average molecular weight is 460 g/mol. The number of halogens is 3. The molecule has 2 aromatic carbocycles. The topological polar surface area (TPSA) is 74.7 Å². The number of nitrogens with zero attached hydrogens (tertiary/aromatic N) is 1. The van der Waals surface area contributed by atoms with Crippen LogP contribution in [0.3, 0.4) is 0 Å². The Morgan fingerprint density at radius 2 is 1.77 bits per heavy atom. The van der Waals surface area contributed by atoms with Crippen LogP contribution in [-0.4, -0.2) is 46.9 Å². The van der Waals surface area contributed by atoms with E-state index < -0.39 is 38.5 Å². The molecule has 0 aliphatic carbocycles. The Hall–Kier alpha value is -2.04. The van der Waals surface area contributed by atoms with E-state index in [0.29, 0.717) is 16.9 Å². The third-order valence-electron chi connectivity index (χ3n) is 4.95. The monoisotopic (exact) mass is 459 g/mol. The first-order chi connectivity index (χ1) is 13.8. The molecule has 0 aromatic heterocycles. The van der Waals surface area contributed by atoms with Crippen LogP contribution in [0.4, 0.5) is 13.2 Å². The van der Waals surface area contributed by atoms with Crippen molar-refractivity contribution in [2.24, 2.45) is 0 Å². The van der Waals surface area contributed by atoms with E-state index in [1.807, 2.05) is 0 Å². The lowest BCUT2D eigenvalue weighted by molar-refractivity contribution is -0.142. The number of rotatable bonds is 4. The van der Waals surface area contributed by atoms with Crippen molar-refractivity contribution in [1.29, 1.82) is 0 Å². The van der Waals surface area contributed by atoms with Gasteiger partial charge in [-0.15, -0.1) is 0 Å². The molecule has 1 aliphatic heterocycles. The first-order valence-corrected chi connectivity index (χ1v) is 11.4. The average Bonchev–Trinajstić information content (AvgIpc) is 2.66. The Bertz CT molecular complexity index is 1050. The Kier molecular flexibility index (Phi) is 5.96. The highest BCUT2D eigenvalue weighted by atomic mass is 32.2. The highest BCUT2D eigenvalue weighted by molar-refractivity contribution is 8.00. The fourth-order valence-electron chi connectivity index (χ4n) is 3.46. The minimum Gasteiger partial charge on any atom is -0.480 e. The van der Waals surface area contributed by atoms with Crippen molar-refractivity contribution in [3.63, 3.8) is 0 Å². The quantitative estimate of drug-likeness (QED) is 0.736. The van der Waals surface area contributed by atoms with Gasteiger partial charge >= 0.3 is 12.1 Å². The van der Waals surface area contributed by atoms with Crippen molar-refractivity contribution >= 4 is 27.8 Å². The molecule has 2 aromatic rings. The summed E-state index contributed by atoms with van der Waals surface area (Å²) < 4.78 is 65.3. The number of alkyl halides is 3. The highest BCUT2D eigenvalue weighted by Crippen LogP contribution is 2.38.